The van der Waals surface area contributed by atoms with Crippen LogP contribution < -0.4 is 0 Å². The number of hydrogen-bond donors (Lipinski definition) is 0. The van der Waals surface area contributed by atoms with Gasteiger partial charge in [0.2, 0.25) is 0 Å². The molecule has 0 aromatic rings. The molecule has 0 radical (unpaired) electrons. The molecule has 0 saturated carbocycles. The number of hydrogen-bond acceptors (Lipinski definition) is 2. The molecular weight excluding hydrogens is 548 g/mol. The normalized spacial score (nSPS) is 35.6. The van der Waals surface area contributed by atoms with Crippen LogP contribution in [0.5, 0.6) is 0 Å². The molecule has 3 aliphatic rings. The van der Waals surface area contributed by atoms with E-state index in [1.165, 1.54) is 37.2 Å². The van der Waals surface area contributed by atoms with Crippen molar-refractivity contribution in [2.24, 2.45) is 0 Å². The number of thioether (sulfide) groups is 2. The molecule has 0 bridgehead atoms. The fraction of sp³-hybridized carbons (Fsp3) is 0.857. The predicted molar refractivity (Wildman–Crippen MR) is 101 cm³/mol. The van der Waals surface area contributed by atoms with Gasteiger partial charge >= 0.3 is 161 Å². The molecule has 20 heavy (non-hydrogen) atoms. The molecule has 112 valence electrons. The van der Waals surface area contributed by atoms with Gasteiger partial charge in [0.05, 0.1) is 0 Å². The third-order valence-corrected chi connectivity index (χ3v) is 15.0. The van der Waals surface area contributed by atoms with E-state index in [9.17, 15) is 0 Å². The van der Waals surface area contributed by atoms with Crippen LogP contribution >= 0.6 is 23.5 Å². The van der Waals surface area contributed by atoms with Crippen LogP contribution in [0.15, 0.2) is 0 Å². The summed E-state index contributed by atoms with van der Waals surface area (Å²) in [6.45, 7) is 0. The minimum absolute atomic E-state index is 0.908. The fourth-order valence-electron chi connectivity index (χ4n) is 2.49. The Morgan fingerprint density at radius 2 is 1.20 bits per heavy atom. The Kier molecular flexibility index (Phi) is 7.43. The van der Waals surface area contributed by atoms with E-state index < -0.39 is 0 Å². The first-order chi connectivity index (χ1) is 9.70. The van der Waals surface area contributed by atoms with Crippen molar-refractivity contribution >= 4 is 93.4 Å². The molecule has 3 heterocycles. The molecule has 0 N–H and O–H groups in total. The number of rotatable bonds is 8. The molecular formula is C14H20S2Se4. The van der Waals surface area contributed by atoms with E-state index in [2.05, 4.69) is 54.7 Å². The summed E-state index contributed by atoms with van der Waals surface area (Å²) in [5, 5.41) is 5.06. The molecule has 0 aromatic heterocycles. The van der Waals surface area contributed by atoms with Crippen molar-refractivity contribution in [1.82, 2.24) is 0 Å². The quantitative estimate of drug-likeness (QED) is 0.326. The SMILES string of the molecule is [Se]=C(CC1CS1)CC1[Se]CC[Se]C1CC(=[Se])CC1CS1. The van der Waals surface area contributed by atoms with E-state index in [-0.39, 0.29) is 0 Å². The Labute approximate surface area is 159 Å². The maximum atomic E-state index is 3.41. The van der Waals surface area contributed by atoms with E-state index in [0.29, 0.717) is 0 Å². The first-order valence-electron chi connectivity index (χ1n) is 7.20. The molecule has 3 fully saturated rings. The Morgan fingerprint density at radius 1 is 0.800 bits per heavy atom. The molecule has 0 spiro atoms. The third kappa shape index (κ3) is 6.20. The Morgan fingerprint density at radius 3 is 1.55 bits per heavy atom. The monoisotopic (exact) mass is 572 g/mol. The van der Waals surface area contributed by atoms with Crippen LogP contribution in [0, 0.1) is 0 Å². The average Bonchev–Trinajstić information content (AvgIpc) is 3.28. The topological polar surface area (TPSA) is 0 Å². The van der Waals surface area contributed by atoms with Gasteiger partial charge in [-0.2, -0.15) is 0 Å². The second kappa shape index (κ2) is 8.57. The van der Waals surface area contributed by atoms with Gasteiger partial charge in [0.25, 0.3) is 0 Å². The van der Waals surface area contributed by atoms with Gasteiger partial charge in [-0.15, -0.1) is 0 Å². The van der Waals surface area contributed by atoms with Crippen LogP contribution in [0.3, 0.4) is 0 Å². The van der Waals surface area contributed by atoms with Crippen LogP contribution in [0.4, 0.5) is 0 Å². The third-order valence-electron chi connectivity index (χ3n) is 3.73. The van der Waals surface area contributed by atoms with E-state index in [1.807, 2.05) is 0 Å². The van der Waals surface area contributed by atoms with E-state index in [4.69, 9.17) is 0 Å². The zero-order valence-electron chi connectivity index (χ0n) is 11.4. The second-order valence-electron chi connectivity index (χ2n) is 5.62. The fourth-order valence-corrected chi connectivity index (χ4v) is 14.9. The van der Waals surface area contributed by atoms with Gasteiger partial charge in [0.15, 0.2) is 0 Å². The van der Waals surface area contributed by atoms with Gasteiger partial charge in [0.1, 0.15) is 0 Å². The van der Waals surface area contributed by atoms with Crippen LogP contribution in [0.1, 0.15) is 25.7 Å². The molecule has 0 aliphatic carbocycles. The van der Waals surface area contributed by atoms with Crippen molar-refractivity contribution in [2.45, 2.75) is 56.5 Å². The molecule has 0 amide bonds. The summed E-state index contributed by atoms with van der Waals surface area (Å²) in [5.41, 5.74) is 0. The molecule has 4 unspecified atom stereocenters. The average molecular weight is 568 g/mol. The van der Waals surface area contributed by atoms with Gasteiger partial charge in [0, 0.05) is 0 Å². The first-order valence-corrected chi connectivity index (χ1v) is 15.4. The van der Waals surface area contributed by atoms with Crippen molar-refractivity contribution < 1.29 is 0 Å². The van der Waals surface area contributed by atoms with Crippen LogP contribution in [-0.4, -0.2) is 91.9 Å². The molecule has 3 aliphatic heterocycles. The summed E-state index contributed by atoms with van der Waals surface area (Å²) in [6.07, 6.45) is 5.55. The standard InChI is InChI=1S/C14H20S2Se4/c17-11(3-9-7-15-9)5-13-14(20-2-1-19-13)6-12(18)4-10-8-16-10/h9-10,13-14H,1-8H2. The van der Waals surface area contributed by atoms with Crippen LogP contribution in [-0.2, 0) is 0 Å². The summed E-state index contributed by atoms with van der Waals surface area (Å²) < 4.78 is 3.38. The molecule has 4 atom stereocenters. The zero-order valence-corrected chi connectivity index (χ0v) is 19.9. The van der Waals surface area contributed by atoms with E-state index >= 15 is 0 Å². The summed E-state index contributed by atoms with van der Waals surface area (Å²) in [5.74, 6) is 2.82. The maximum absolute atomic E-state index is 3.41. The second-order valence-corrected chi connectivity index (χ2v) is 16.4. The summed E-state index contributed by atoms with van der Waals surface area (Å²) in [7, 11) is 0. The Balaban J connectivity index is 1.46. The Bertz CT molecular complexity index is 343. The van der Waals surface area contributed by atoms with Crippen molar-refractivity contribution in [3.8, 4) is 0 Å². The van der Waals surface area contributed by atoms with E-state index in [0.717, 1.165) is 50.0 Å². The first kappa shape index (κ1) is 17.3. The summed E-state index contributed by atoms with van der Waals surface area (Å²) in [4.78, 5) is 2.10. The van der Waals surface area contributed by atoms with Crippen LogP contribution in [0.25, 0.3) is 0 Å². The minimum atomic E-state index is 0.908. The predicted octanol–water partition coefficient (Wildman–Crippen LogP) is 2.29. The van der Waals surface area contributed by atoms with Crippen LogP contribution in [0.2, 0.25) is 20.3 Å². The van der Waals surface area contributed by atoms with Gasteiger partial charge in [-0.3, -0.25) is 0 Å². The van der Waals surface area contributed by atoms with Gasteiger partial charge < -0.3 is 0 Å². The van der Waals surface area contributed by atoms with Gasteiger partial charge in [-0.1, -0.05) is 0 Å². The summed E-state index contributed by atoms with van der Waals surface area (Å²) in [6, 6.07) is 0. The van der Waals surface area contributed by atoms with Crippen molar-refractivity contribution in [3.05, 3.63) is 0 Å². The molecule has 0 nitrogen and oxygen atoms in total. The molecule has 3 saturated heterocycles. The summed E-state index contributed by atoms with van der Waals surface area (Å²) >= 11 is 12.9. The van der Waals surface area contributed by atoms with Gasteiger partial charge in [-0.25, -0.2) is 0 Å². The van der Waals surface area contributed by atoms with Crippen molar-refractivity contribution in [2.75, 3.05) is 11.5 Å². The van der Waals surface area contributed by atoms with Crippen molar-refractivity contribution in [3.63, 3.8) is 0 Å². The van der Waals surface area contributed by atoms with Gasteiger partial charge in [-0.05, 0) is 0 Å². The molecule has 6 heteroatoms. The zero-order chi connectivity index (χ0) is 13.9. The Hall–Kier alpha value is 2.52. The molecule has 3 rings (SSSR count). The van der Waals surface area contributed by atoms with E-state index in [1.54, 1.807) is 19.5 Å². The molecule has 0 aromatic carbocycles. The van der Waals surface area contributed by atoms with Crippen molar-refractivity contribution in [1.29, 1.82) is 0 Å².